The van der Waals surface area contributed by atoms with Crippen LogP contribution in [0, 0.1) is 12.7 Å². The van der Waals surface area contributed by atoms with Gasteiger partial charge >= 0.3 is 11.9 Å². The maximum Gasteiger partial charge on any atom is 0.350 e. The van der Waals surface area contributed by atoms with Gasteiger partial charge in [-0.15, -0.1) is 0 Å². The maximum absolute atomic E-state index is 14.9. The van der Waals surface area contributed by atoms with E-state index in [0.29, 0.717) is 5.69 Å². The molecule has 4 rings (SSSR count). The number of pyridine rings is 1. The van der Waals surface area contributed by atoms with Gasteiger partial charge in [-0.05, 0) is 32.0 Å². The first-order chi connectivity index (χ1) is 15.8. The molecule has 2 aromatic heterocycles. The van der Waals surface area contributed by atoms with E-state index in [1.54, 1.807) is 19.9 Å². The Balaban J connectivity index is 1.93. The van der Waals surface area contributed by atoms with E-state index in [9.17, 15) is 23.9 Å². The van der Waals surface area contributed by atoms with Crippen molar-refractivity contribution in [2.45, 2.75) is 19.9 Å². The summed E-state index contributed by atoms with van der Waals surface area (Å²) < 4.78 is 19.9. The second-order valence-corrected chi connectivity index (χ2v) is 8.04. The number of amides is 1. The Kier molecular flexibility index (Phi) is 6.01. The van der Waals surface area contributed by atoms with E-state index in [4.69, 9.17) is 4.74 Å². The highest BCUT2D eigenvalue weighted by Gasteiger charge is 2.49. The van der Waals surface area contributed by atoms with Crippen LogP contribution in [0.5, 0.6) is 0 Å². The molecular weight excluding hydrogens is 449 g/mol. The molecule has 8 nitrogen and oxygen atoms in total. The van der Waals surface area contributed by atoms with Crippen LogP contribution in [0.1, 0.15) is 39.5 Å². The van der Waals surface area contributed by atoms with Gasteiger partial charge in [0.05, 0.1) is 17.9 Å². The Bertz CT molecular complexity index is 1290. The topological polar surface area (TPSA) is 110 Å². The van der Waals surface area contributed by atoms with E-state index in [-0.39, 0.29) is 33.3 Å². The second kappa shape index (κ2) is 8.91. The first kappa shape index (κ1) is 22.3. The number of nitrogens with zero attached hydrogens (tertiary/aromatic N) is 3. The molecule has 1 aliphatic rings. The zero-order valence-electron chi connectivity index (χ0n) is 17.6. The fourth-order valence-corrected chi connectivity index (χ4v) is 4.54. The lowest BCUT2D eigenvalue weighted by molar-refractivity contribution is -0.132. The molecule has 0 aliphatic carbocycles. The SMILES string of the molecule is CCOC(=O)c1sc(N2C(=O)C(=O)C(=C(O)c3ccncc3)C2c2ccccc2F)nc1C. The van der Waals surface area contributed by atoms with Crippen LogP contribution in [0.15, 0.2) is 54.4 Å². The summed E-state index contributed by atoms with van der Waals surface area (Å²) in [4.78, 5) is 47.8. The molecule has 10 heteroatoms. The Hall–Kier alpha value is -3.92. The monoisotopic (exact) mass is 467 g/mol. The van der Waals surface area contributed by atoms with Gasteiger partial charge in [-0.3, -0.25) is 19.5 Å². The van der Waals surface area contributed by atoms with E-state index in [1.807, 2.05) is 0 Å². The van der Waals surface area contributed by atoms with Gasteiger partial charge in [0.1, 0.15) is 22.5 Å². The Morgan fingerprint density at radius 1 is 1.21 bits per heavy atom. The van der Waals surface area contributed by atoms with Gasteiger partial charge in [0.25, 0.3) is 5.78 Å². The molecule has 0 saturated carbocycles. The molecule has 3 aromatic rings. The zero-order valence-corrected chi connectivity index (χ0v) is 18.4. The first-order valence-electron chi connectivity index (χ1n) is 9.95. The van der Waals surface area contributed by atoms with Crippen LogP contribution in [0.3, 0.4) is 0 Å². The molecule has 1 N–H and O–H groups in total. The van der Waals surface area contributed by atoms with Crippen molar-refractivity contribution in [1.82, 2.24) is 9.97 Å². The highest BCUT2D eigenvalue weighted by molar-refractivity contribution is 7.17. The van der Waals surface area contributed by atoms with Crippen molar-refractivity contribution in [3.05, 3.63) is 81.9 Å². The van der Waals surface area contributed by atoms with Crippen molar-refractivity contribution >= 4 is 39.9 Å². The molecule has 33 heavy (non-hydrogen) atoms. The average Bonchev–Trinajstić information content (AvgIpc) is 3.31. The van der Waals surface area contributed by atoms with Gasteiger partial charge in [-0.1, -0.05) is 29.5 Å². The van der Waals surface area contributed by atoms with Crippen molar-refractivity contribution in [3.63, 3.8) is 0 Å². The number of carbonyl (C=O) groups excluding carboxylic acids is 3. The minimum atomic E-state index is -1.29. The highest BCUT2D eigenvalue weighted by Crippen LogP contribution is 2.44. The van der Waals surface area contributed by atoms with Gasteiger partial charge in [-0.2, -0.15) is 0 Å². The Labute approximate surface area is 192 Å². The number of aliphatic hydroxyl groups excluding tert-OH is 1. The van der Waals surface area contributed by atoms with Gasteiger partial charge < -0.3 is 9.84 Å². The molecular formula is C23H18FN3O5S. The predicted molar refractivity (Wildman–Crippen MR) is 118 cm³/mol. The molecule has 0 radical (unpaired) electrons. The second-order valence-electron chi connectivity index (χ2n) is 7.06. The van der Waals surface area contributed by atoms with E-state index in [1.165, 1.54) is 42.7 Å². The minimum Gasteiger partial charge on any atom is -0.507 e. The molecule has 1 aliphatic heterocycles. The number of aryl methyl sites for hydroxylation is 1. The van der Waals surface area contributed by atoms with Crippen molar-refractivity contribution in [2.24, 2.45) is 0 Å². The number of anilines is 1. The third-order valence-electron chi connectivity index (χ3n) is 5.05. The number of aromatic nitrogens is 2. The van der Waals surface area contributed by atoms with Crippen LogP contribution in [-0.4, -0.2) is 39.3 Å². The van der Waals surface area contributed by atoms with Gasteiger partial charge in [-0.25, -0.2) is 14.2 Å². The van der Waals surface area contributed by atoms with Crippen molar-refractivity contribution in [2.75, 3.05) is 11.5 Å². The summed E-state index contributed by atoms with van der Waals surface area (Å²) in [5.41, 5.74) is 0.253. The average molecular weight is 467 g/mol. The number of benzene rings is 1. The molecule has 1 saturated heterocycles. The van der Waals surface area contributed by atoms with Crippen LogP contribution in [0.4, 0.5) is 9.52 Å². The standard InChI is InChI=1S/C23H18FN3O5S/c1-3-32-22(31)20-12(2)26-23(33-20)27-17(14-6-4-5-7-15(14)24)16(19(29)21(27)30)18(28)13-8-10-25-11-9-13/h4-11,17,28H,3H2,1-2H3. The fourth-order valence-electron chi connectivity index (χ4n) is 3.56. The summed E-state index contributed by atoms with van der Waals surface area (Å²) in [7, 11) is 0. The van der Waals surface area contributed by atoms with E-state index >= 15 is 0 Å². The third kappa shape index (κ3) is 3.89. The molecule has 3 heterocycles. The smallest absolute Gasteiger partial charge is 0.350 e. The quantitative estimate of drug-likeness (QED) is 0.263. The summed E-state index contributed by atoms with van der Waals surface area (Å²) in [6, 6.07) is 7.29. The summed E-state index contributed by atoms with van der Waals surface area (Å²) >= 11 is 0.855. The number of ketones is 1. The molecule has 1 fully saturated rings. The highest BCUT2D eigenvalue weighted by atomic mass is 32.1. The Morgan fingerprint density at radius 2 is 1.91 bits per heavy atom. The van der Waals surface area contributed by atoms with Crippen LogP contribution in [0.2, 0.25) is 0 Å². The Morgan fingerprint density at radius 3 is 2.58 bits per heavy atom. The van der Waals surface area contributed by atoms with Crippen LogP contribution >= 0.6 is 11.3 Å². The molecule has 0 bridgehead atoms. The van der Waals surface area contributed by atoms with Gasteiger partial charge in [0.15, 0.2) is 5.13 Å². The lowest BCUT2D eigenvalue weighted by Crippen LogP contribution is -2.29. The van der Waals surface area contributed by atoms with Crippen molar-refractivity contribution < 1.29 is 28.6 Å². The number of aliphatic hydroxyl groups is 1. The molecule has 1 amide bonds. The number of esters is 1. The molecule has 168 valence electrons. The number of hydrogen-bond acceptors (Lipinski definition) is 8. The summed E-state index contributed by atoms with van der Waals surface area (Å²) in [5.74, 6) is -3.75. The fraction of sp³-hybridized carbons (Fsp3) is 0.174. The number of Topliss-reactive ketones (excluding diaryl/α,β-unsaturated/α-hetero) is 1. The van der Waals surface area contributed by atoms with Crippen molar-refractivity contribution in [1.29, 1.82) is 0 Å². The molecule has 1 unspecified atom stereocenters. The lowest BCUT2D eigenvalue weighted by Gasteiger charge is -2.23. The van der Waals surface area contributed by atoms with Crippen LogP contribution in [0.25, 0.3) is 5.76 Å². The number of rotatable bonds is 5. The number of carbonyl (C=O) groups is 3. The first-order valence-corrected chi connectivity index (χ1v) is 10.8. The maximum atomic E-state index is 14.9. The summed E-state index contributed by atoms with van der Waals surface area (Å²) in [6.45, 7) is 3.38. The molecule has 0 spiro atoms. The minimum absolute atomic E-state index is 0.00200. The third-order valence-corrected chi connectivity index (χ3v) is 6.19. The summed E-state index contributed by atoms with van der Waals surface area (Å²) in [6.07, 6.45) is 2.83. The largest absolute Gasteiger partial charge is 0.507 e. The number of thiazole rings is 1. The predicted octanol–water partition coefficient (Wildman–Crippen LogP) is 3.79. The van der Waals surface area contributed by atoms with E-state index in [2.05, 4.69) is 9.97 Å². The van der Waals surface area contributed by atoms with E-state index < -0.39 is 35.3 Å². The summed E-state index contributed by atoms with van der Waals surface area (Å²) in [5, 5.41) is 11.0. The van der Waals surface area contributed by atoms with Gasteiger partial charge in [0, 0.05) is 23.5 Å². The molecule has 1 atom stereocenters. The van der Waals surface area contributed by atoms with Gasteiger partial charge in [0.2, 0.25) is 0 Å². The number of ether oxygens (including phenoxy) is 1. The molecule has 1 aromatic carbocycles. The van der Waals surface area contributed by atoms with Crippen LogP contribution in [-0.2, 0) is 14.3 Å². The normalized spacial score (nSPS) is 17.4. The van der Waals surface area contributed by atoms with E-state index in [0.717, 1.165) is 16.2 Å². The van der Waals surface area contributed by atoms with Crippen LogP contribution < -0.4 is 4.90 Å². The lowest BCUT2D eigenvalue weighted by atomic mass is 9.95. The van der Waals surface area contributed by atoms with Crippen molar-refractivity contribution in [3.8, 4) is 0 Å². The number of halogens is 1. The number of hydrogen-bond donors (Lipinski definition) is 1. The zero-order chi connectivity index (χ0) is 23.7.